The van der Waals surface area contributed by atoms with E-state index in [1.807, 2.05) is 4.68 Å². The first-order valence-corrected chi connectivity index (χ1v) is 11.5. The quantitative estimate of drug-likeness (QED) is 0.733. The highest BCUT2D eigenvalue weighted by molar-refractivity contribution is 7.89. The number of primary sulfonamides is 1. The van der Waals surface area contributed by atoms with Gasteiger partial charge in [0.05, 0.1) is 16.8 Å². The molecule has 0 amide bonds. The molecular formula is C18H30N6O2S. The summed E-state index contributed by atoms with van der Waals surface area (Å²) in [6, 6.07) is 0. The first-order chi connectivity index (χ1) is 12.8. The molecule has 3 heterocycles. The minimum Gasteiger partial charge on any atom is -0.356 e. The molecule has 1 fully saturated rings. The number of rotatable bonds is 8. The van der Waals surface area contributed by atoms with Crippen LogP contribution >= 0.6 is 0 Å². The van der Waals surface area contributed by atoms with Crippen molar-refractivity contribution in [3.05, 3.63) is 12.0 Å². The summed E-state index contributed by atoms with van der Waals surface area (Å²) in [6.45, 7) is 8.78. The summed E-state index contributed by atoms with van der Waals surface area (Å²) in [4.78, 5) is 11.2. The Labute approximate surface area is 161 Å². The predicted molar refractivity (Wildman–Crippen MR) is 107 cm³/mol. The zero-order valence-electron chi connectivity index (χ0n) is 16.4. The van der Waals surface area contributed by atoms with E-state index in [1.165, 1.54) is 0 Å². The Morgan fingerprint density at radius 1 is 1.33 bits per heavy atom. The molecule has 2 aromatic rings. The monoisotopic (exact) mass is 394 g/mol. The number of nitrogens with zero attached hydrogens (tertiary/aromatic N) is 5. The minimum absolute atomic E-state index is 0.0202. The van der Waals surface area contributed by atoms with Crippen molar-refractivity contribution in [2.24, 2.45) is 17.0 Å². The van der Waals surface area contributed by atoms with Crippen LogP contribution in [0.1, 0.15) is 45.7 Å². The molecule has 1 unspecified atom stereocenters. The molecule has 1 aliphatic rings. The molecule has 150 valence electrons. The summed E-state index contributed by atoms with van der Waals surface area (Å²) in [7, 11) is -3.46. The van der Waals surface area contributed by atoms with Crippen molar-refractivity contribution in [3.63, 3.8) is 0 Å². The van der Waals surface area contributed by atoms with Crippen molar-refractivity contribution in [1.29, 1.82) is 0 Å². The first kappa shape index (κ1) is 20.0. The van der Waals surface area contributed by atoms with Gasteiger partial charge in [0.25, 0.3) is 0 Å². The van der Waals surface area contributed by atoms with Gasteiger partial charge in [-0.05, 0) is 31.1 Å². The summed E-state index contributed by atoms with van der Waals surface area (Å²) < 4.78 is 24.9. The number of unbranched alkanes of at least 4 members (excludes halogenated alkanes) is 1. The minimum atomic E-state index is -3.46. The van der Waals surface area contributed by atoms with Gasteiger partial charge in [-0.25, -0.2) is 28.2 Å². The molecule has 0 aromatic carbocycles. The van der Waals surface area contributed by atoms with Crippen LogP contribution in [0.2, 0.25) is 0 Å². The molecule has 0 saturated carbocycles. The van der Waals surface area contributed by atoms with E-state index >= 15 is 0 Å². The van der Waals surface area contributed by atoms with E-state index in [0.717, 1.165) is 61.3 Å². The summed E-state index contributed by atoms with van der Waals surface area (Å²) in [5.74, 6) is 1.40. The summed E-state index contributed by atoms with van der Waals surface area (Å²) in [6.07, 6.45) is 5.40. The van der Waals surface area contributed by atoms with Gasteiger partial charge >= 0.3 is 0 Å². The van der Waals surface area contributed by atoms with Crippen molar-refractivity contribution in [3.8, 4) is 0 Å². The van der Waals surface area contributed by atoms with Crippen LogP contribution in [0, 0.1) is 11.8 Å². The molecule has 0 radical (unpaired) electrons. The van der Waals surface area contributed by atoms with Crippen molar-refractivity contribution >= 4 is 26.9 Å². The van der Waals surface area contributed by atoms with Gasteiger partial charge in [0.1, 0.15) is 12.1 Å². The second-order valence-corrected chi connectivity index (χ2v) is 9.61. The smallest absolute Gasteiger partial charge is 0.209 e. The molecule has 1 atom stereocenters. The second-order valence-electron chi connectivity index (χ2n) is 7.95. The second kappa shape index (κ2) is 8.10. The average molecular weight is 395 g/mol. The summed E-state index contributed by atoms with van der Waals surface area (Å²) >= 11 is 0. The lowest BCUT2D eigenvalue weighted by atomic mass is 10.1. The van der Waals surface area contributed by atoms with Crippen molar-refractivity contribution < 1.29 is 8.42 Å². The number of sulfonamides is 1. The van der Waals surface area contributed by atoms with Crippen molar-refractivity contribution in [2.45, 2.75) is 53.0 Å². The molecular weight excluding hydrogens is 364 g/mol. The molecule has 27 heavy (non-hydrogen) atoms. The van der Waals surface area contributed by atoms with Gasteiger partial charge in [0.15, 0.2) is 5.65 Å². The predicted octanol–water partition coefficient (Wildman–Crippen LogP) is 1.94. The Hall–Kier alpha value is -1.74. The third-order valence-electron chi connectivity index (χ3n) is 4.96. The number of hydrogen-bond donors (Lipinski definition) is 1. The zero-order valence-corrected chi connectivity index (χ0v) is 17.2. The third-order valence-corrected chi connectivity index (χ3v) is 5.90. The van der Waals surface area contributed by atoms with Gasteiger partial charge in [-0.1, -0.05) is 27.2 Å². The topological polar surface area (TPSA) is 107 Å². The lowest BCUT2D eigenvalue weighted by Crippen LogP contribution is -2.26. The Bertz CT molecular complexity index is 893. The fourth-order valence-corrected chi connectivity index (χ4v) is 4.72. The van der Waals surface area contributed by atoms with E-state index in [9.17, 15) is 8.42 Å². The zero-order chi connectivity index (χ0) is 19.6. The van der Waals surface area contributed by atoms with Crippen LogP contribution in [-0.4, -0.2) is 47.0 Å². The summed E-state index contributed by atoms with van der Waals surface area (Å²) in [5.41, 5.74) is 1.90. The Morgan fingerprint density at radius 3 is 2.78 bits per heavy atom. The highest BCUT2D eigenvalue weighted by Crippen LogP contribution is 2.31. The van der Waals surface area contributed by atoms with Crippen LogP contribution in [0.25, 0.3) is 11.0 Å². The maximum absolute atomic E-state index is 11.4. The van der Waals surface area contributed by atoms with E-state index in [4.69, 9.17) is 10.2 Å². The lowest BCUT2D eigenvalue weighted by molar-refractivity contribution is 0.562. The van der Waals surface area contributed by atoms with Gasteiger partial charge in [-0.2, -0.15) is 5.10 Å². The van der Waals surface area contributed by atoms with Gasteiger partial charge in [-0.3, -0.25) is 0 Å². The number of aromatic nitrogens is 4. The number of fused-ring (bicyclic) bond motifs is 1. The largest absolute Gasteiger partial charge is 0.356 e. The molecule has 2 aromatic heterocycles. The third kappa shape index (κ3) is 4.76. The van der Waals surface area contributed by atoms with Gasteiger partial charge in [0.2, 0.25) is 10.0 Å². The number of nitrogens with two attached hydrogens (primary N) is 1. The molecule has 2 N–H and O–H groups in total. The Balaban J connectivity index is 1.97. The molecule has 0 bridgehead atoms. The highest BCUT2D eigenvalue weighted by atomic mass is 32.2. The van der Waals surface area contributed by atoms with Crippen LogP contribution in [0.3, 0.4) is 0 Å². The van der Waals surface area contributed by atoms with Crippen LogP contribution in [0.15, 0.2) is 6.33 Å². The van der Waals surface area contributed by atoms with Crippen LogP contribution in [0.5, 0.6) is 0 Å². The Kier molecular flexibility index (Phi) is 6.00. The molecule has 0 aliphatic carbocycles. The molecule has 3 rings (SSSR count). The molecule has 1 saturated heterocycles. The van der Waals surface area contributed by atoms with Gasteiger partial charge in [0, 0.05) is 19.6 Å². The van der Waals surface area contributed by atoms with Gasteiger partial charge < -0.3 is 4.90 Å². The van der Waals surface area contributed by atoms with E-state index in [2.05, 4.69) is 35.6 Å². The highest BCUT2D eigenvalue weighted by Gasteiger charge is 2.29. The Morgan fingerprint density at radius 2 is 2.11 bits per heavy atom. The number of anilines is 1. The maximum Gasteiger partial charge on any atom is 0.209 e. The average Bonchev–Trinajstić information content (AvgIpc) is 3.16. The molecule has 9 heteroatoms. The SMILES string of the molecule is CCCCn1nc(CC(C)C)c2c(N3CCC(CS(N)(=O)=O)C3)ncnc21. The maximum atomic E-state index is 11.4. The standard InChI is InChI=1S/C18H30N6O2S/c1-4-5-7-24-18-16(15(22-24)9-13(2)3)17(20-12-21-18)23-8-6-14(10-23)11-27(19,25)26/h12-14H,4-11H2,1-3H3,(H2,19,25,26). The van der Waals surface area contributed by atoms with E-state index < -0.39 is 10.0 Å². The van der Waals surface area contributed by atoms with E-state index in [0.29, 0.717) is 12.5 Å². The first-order valence-electron chi connectivity index (χ1n) is 9.74. The fraction of sp³-hybridized carbons (Fsp3) is 0.722. The summed E-state index contributed by atoms with van der Waals surface area (Å²) in [5, 5.41) is 11.1. The normalized spacial score (nSPS) is 18.1. The molecule has 1 aliphatic heterocycles. The van der Waals surface area contributed by atoms with Gasteiger partial charge in [-0.15, -0.1) is 0 Å². The fourth-order valence-electron chi connectivity index (χ4n) is 3.79. The van der Waals surface area contributed by atoms with E-state index in [1.54, 1.807) is 6.33 Å². The van der Waals surface area contributed by atoms with Crippen molar-refractivity contribution in [2.75, 3.05) is 23.7 Å². The lowest BCUT2D eigenvalue weighted by Gasteiger charge is -2.18. The van der Waals surface area contributed by atoms with E-state index in [-0.39, 0.29) is 11.7 Å². The molecule has 8 nitrogen and oxygen atoms in total. The van der Waals surface area contributed by atoms with Crippen LogP contribution in [0.4, 0.5) is 5.82 Å². The van der Waals surface area contributed by atoms with Crippen LogP contribution < -0.4 is 10.0 Å². The van der Waals surface area contributed by atoms with Crippen LogP contribution in [-0.2, 0) is 23.0 Å². The molecule has 0 spiro atoms. The number of aryl methyl sites for hydroxylation is 1. The number of hydrogen-bond acceptors (Lipinski definition) is 6. The van der Waals surface area contributed by atoms with Crippen molar-refractivity contribution in [1.82, 2.24) is 19.7 Å².